The van der Waals surface area contributed by atoms with Gasteiger partial charge in [-0.2, -0.15) is 0 Å². The minimum Gasteiger partial charge on any atom is -0.550 e. The Hall–Kier alpha value is -2.80. The molecule has 0 N–H and O–H groups in total. The van der Waals surface area contributed by atoms with Crippen LogP contribution in [0.5, 0.6) is 11.5 Å². The van der Waals surface area contributed by atoms with Crippen molar-refractivity contribution in [1.29, 1.82) is 0 Å². The molecule has 0 aliphatic carbocycles. The zero-order valence-electron chi connectivity index (χ0n) is 20.2. The third-order valence-corrected chi connectivity index (χ3v) is 5.85. The summed E-state index contributed by atoms with van der Waals surface area (Å²) in [5, 5.41) is 25.7. The molecule has 0 heterocycles. The molecule has 35 heavy (non-hydrogen) atoms. The van der Waals surface area contributed by atoms with Crippen molar-refractivity contribution in [2.24, 2.45) is 0 Å². The Kier molecular flexibility index (Phi) is 10.4. The van der Waals surface area contributed by atoms with E-state index in [1.807, 2.05) is 72.8 Å². The Morgan fingerprint density at radius 1 is 0.600 bits per heavy atom. The van der Waals surface area contributed by atoms with Crippen LogP contribution in [0.4, 0.5) is 0 Å². The predicted molar refractivity (Wildman–Crippen MR) is 134 cm³/mol. The van der Waals surface area contributed by atoms with E-state index in [0.717, 1.165) is 44.2 Å². The maximum absolute atomic E-state index is 10.8. The summed E-state index contributed by atoms with van der Waals surface area (Å²) in [6.45, 7) is 3.25. The van der Waals surface area contributed by atoms with Gasteiger partial charge in [0, 0.05) is 23.8 Å². The second-order valence-electron chi connectivity index (χ2n) is 8.03. The first-order valence-corrected chi connectivity index (χ1v) is 10.8. The Labute approximate surface area is 234 Å². The van der Waals surface area contributed by atoms with Gasteiger partial charge in [-0.25, -0.2) is 0 Å². The maximum Gasteiger partial charge on any atom is 2.00 e. The molecular weight excluding hydrogens is 472 g/mol. The number of carbonyl (C=O) groups excluding carboxylic acids is 2. The Bertz CT molecular complexity index is 1230. The first-order chi connectivity index (χ1) is 16.2. The molecule has 0 saturated heterocycles. The number of hydrogen-bond donors (Lipinski definition) is 0. The minimum atomic E-state index is -1.06. The average molecular weight is 499 g/mol. The fraction of sp³-hybridized carbons (Fsp3) is 0.214. The molecule has 2 unspecified atom stereocenters. The molecule has 176 valence electrons. The number of benzene rings is 4. The standard InChI is InChI=1S/2C14H14O3.Ca/c2*1-9(14(15)16)10-3-4-12-8-13(17-2)6-5-11(12)7-10;/h2*3-9H,1-2H3,(H,15,16);/q;;+2/p-2. The first-order valence-electron chi connectivity index (χ1n) is 10.8. The van der Waals surface area contributed by atoms with E-state index < -0.39 is 23.8 Å². The molecule has 0 saturated carbocycles. The smallest absolute Gasteiger partial charge is 0.550 e. The zero-order chi connectivity index (χ0) is 24.8. The van der Waals surface area contributed by atoms with Crippen LogP contribution in [0.25, 0.3) is 21.5 Å². The summed E-state index contributed by atoms with van der Waals surface area (Å²) in [5.74, 6) is -1.73. The van der Waals surface area contributed by atoms with E-state index in [2.05, 4.69) is 0 Å². The Balaban J connectivity index is 0.000000240. The predicted octanol–water partition coefficient (Wildman–Crippen LogP) is 3.02. The fourth-order valence-corrected chi connectivity index (χ4v) is 3.55. The third-order valence-electron chi connectivity index (χ3n) is 5.85. The average Bonchev–Trinajstić information content (AvgIpc) is 2.86. The molecule has 0 spiro atoms. The van der Waals surface area contributed by atoms with Crippen LogP contribution >= 0.6 is 0 Å². The van der Waals surface area contributed by atoms with Gasteiger partial charge in [0.15, 0.2) is 0 Å². The molecule has 4 aromatic carbocycles. The van der Waals surface area contributed by atoms with E-state index in [4.69, 9.17) is 9.47 Å². The number of rotatable bonds is 6. The van der Waals surface area contributed by atoms with Crippen molar-refractivity contribution in [2.75, 3.05) is 14.2 Å². The molecule has 0 fully saturated rings. The van der Waals surface area contributed by atoms with E-state index in [1.165, 1.54) is 0 Å². The summed E-state index contributed by atoms with van der Waals surface area (Å²) in [4.78, 5) is 21.6. The molecule has 4 rings (SSSR count). The molecular formula is C28H26CaO6. The van der Waals surface area contributed by atoms with E-state index in [-0.39, 0.29) is 37.7 Å². The molecule has 0 radical (unpaired) electrons. The van der Waals surface area contributed by atoms with Gasteiger partial charge in [-0.3, -0.25) is 0 Å². The van der Waals surface area contributed by atoms with Gasteiger partial charge in [-0.1, -0.05) is 62.4 Å². The maximum atomic E-state index is 10.8. The number of carboxylic acids is 2. The summed E-state index contributed by atoms with van der Waals surface area (Å²) in [7, 11) is 3.24. The van der Waals surface area contributed by atoms with Crippen molar-refractivity contribution >= 4 is 71.2 Å². The molecule has 4 aromatic rings. The van der Waals surface area contributed by atoms with Crippen molar-refractivity contribution in [2.45, 2.75) is 25.7 Å². The molecule has 0 aromatic heterocycles. The van der Waals surface area contributed by atoms with Crippen LogP contribution < -0.4 is 19.7 Å². The quantitative estimate of drug-likeness (QED) is 0.379. The topological polar surface area (TPSA) is 98.7 Å². The van der Waals surface area contributed by atoms with Gasteiger partial charge >= 0.3 is 37.7 Å². The van der Waals surface area contributed by atoms with Crippen LogP contribution in [-0.2, 0) is 9.59 Å². The van der Waals surface area contributed by atoms with E-state index in [9.17, 15) is 19.8 Å². The van der Waals surface area contributed by atoms with Gasteiger partial charge in [0.1, 0.15) is 11.5 Å². The van der Waals surface area contributed by atoms with Crippen molar-refractivity contribution in [3.05, 3.63) is 83.9 Å². The van der Waals surface area contributed by atoms with E-state index in [0.29, 0.717) is 0 Å². The summed E-state index contributed by atoms with van der Waals surface area (Å²) >= 11 is 0. The van der Waals surface area contributed by atoms with Gasteiger partial charge in [0.2, 0.25) is 0 Å². The molecule has 0 bridgehead atoms. The number of aliphatic carboxylic acids is 2. The second kappa shape index (κ2) is 12.8. The van der Waals surface area contributed by atoms with Crippen molar-refractivity contribution in [1.82, 2.24) is 0 Å². The van der Waals surface area contributed by atoms with E-state index in [1.54, 1.807) is 28.1 Å². The molecule has 0 aliphatic rings. The van der Waals surface area contributed by atoms with Gasteiger partial charge in [0.05, 0.1) is 14.2 Å². The molecule has 2 atom stereocenters. The summed E-state index contributed by atoms with van der Waals surface area (Å²) < 4.78 is 10.3. The van der Waals surface area contributed by atoms with Gasteiger partial charge in [0.25, 0.3) is 0 Å². The Morgan fingerprint density at radius 3 is 1.23 bits per heavy atom. The first kappa shape index (κ1) is 28.4. The number of ether oxygens (including phenoxy) is 2. The van der Waals surface area contributed by atoms with Crippen LogP contribution in [0.15, 0.2) is 72.8 Å². The van der Waals surface area contributed by atoms with Crippen molar-refractivity contribution < 1.29 is 29.3 Å². The number of methoxy groups -OCH3 is 2. The monoisotopic (exact) mass is 498 g/mol. The van der Waals surface area contributed by atoms with Crippen LogP contribution in [0.3, 0.4) is 0 Å². The van der Waals surface area contributed by atoms with Crippen LogP contribution in [0.2, 0.25) is 0 Å². The van der Waals surface area contributed by atoms with E-state index >= 15 is 0 Å². The van der Waals surface area contributed by atoms with Gasteiger partial charge < -0.3 is 29.3 Å². The van der Waals surface area contributed by atoms with Crippen LogP contribution in [0.1, 0.15) is 36.8 Å². The molecule has 6 nitrogen and oxygen atoms in total. The normalized spacial score (nSPS) is 12.0. The van der Waals surface area contributed by atoms with Crippen LogP contribution in [0, 0.1) is 0 Å². The number of carbonyl (C=O) groups is 2. The van der Waals surface area contributed by atoms with Crippen molar-refractivity contribution in [3.8, 4) is 11.5 Å². The summed E-state index contributed by atoms with van der Waals surface area (Å²) in [6, 6.07) is 22.5. The number of hydrogen-bond acceptors (Lipinski definition) is 6. The summed E-state index contributed by atoms with van der Waals surface area (Å²) in [5.41, 5.74) is 1.50. The number of carboxylic acid groups (broad SMARTS) is 2. The molecule has 7 heteroatoms. The van der Waals surface area contributed by atoms with Crippen LogP contribution in [-0.4, -0.2) is 63.9 Å². The van der Waals surface area contributed by atoms with Gasteiger partial charge in [-0.15, -0.1) is 0 Å². The third kappa shape index (κ3) is 7.10. The minimum absolute atomic E-state index is 0. The Morgan fingerprint density at radius 2 is 0.914 bits per heavy atom. The summed E-state index contributed by atoms with van der Waals surface area (Å²) in [6.07, 6.45) is 0. The number of fused-ring (bicyclic) bond motifs is 2. The largest absolute Gasteiger partial charge is 2.00 e. The SMILES string of the molecule is COc1ccc2cc(C(C)C(=O)[O-])ccc2c1.COc1ccc2cc(C(C)C(=O)[O-])ccc2c1.[Ca+2]. The van der Waals surface area contributed by atoms with Crippen molar-refractivity contribution in [3.63, 3.8) is 0 Å². The molecule has 0 aliphatic heterocycles. The zero-order valence-corrected chi connectivity index (χ0v) is 22.4. The van der Waals surface area contributed by atoms with Gasteiger partial charge in [-0.05, 0) is 56.9 Å². The molecule has 0 amide bonds. The second-order valence-corrected chi connectivity index (χ2v) is 8.03. The fourth-order valence-electron chi connectivity index (χ4n) is 3.55.